The zero-order valence-electron chi connectivity index (χ0n) is 25.0. The number of carbonyl (C=O) groups is 1. The predicted molar refractivity (Wildman–Crippen MR) is 158 cm³/mol. The molecule has 0 aliphatic carbocycles. The van der Waals surface area contributed by atoms with E-state index in [9.17, 15) is 19.6 Å². The van der Waals surface area contributed by atoms with Crippen LogP contribution in [0.1, 0.15) is 50.7 Å². The molecule has 0 saturated carbocycles. The van der Waals surface area contributed by atoms with Crippen LogP contribution in [0.4, 0.5) is 5.82 Å². The maximum absolute atomic E-state index is 12.8. The summed E-state index contributed by atoms with van der Waals surface area (Å²) >= 11 is 5.33. The third kappa shape index (κ3) is 7.43. The molecule has 246 valence electrons. The van der Waals surface area contributed by atoms with Crippen LogP contribution < -0.4 is 11.0 Å². The topological polar surface area (TPSA) is 178 Å². The maximum atomic E-state index is 12.8. The molecule has 4 aliphatic heterocycles. The number of aromatic nitrogens is 2. The Kier molecular flexibility index (Phi) is 9.15. The van der Waals surface area contributed by atoms with E-state index in [4.69, 9.17) is 49.7 Å². The van der Waals surface area contributed by atoms with Crippen LogP contribution >= 0.6 is 7.15 Å². The van der Waals surface area contributed by atoms with Crippen molar-refractivity contribution < 1.29 is 52.3 Å². The van der Waals surface area contributed by atoms with Crippen molar-refractivity contribution in [2.24, 2.45) is 0 Å². The molecule has 15 nitrogen and oxygen atoms in total. The smallest absolute Gasteiger partial charge is 0.351 e. The Hall–Kier alpha value is -2.05. The molecule has 4 saturated heterocycles. The fourth-order valence-electron chi connectivity index (χ4n) is 5.67. The second-order valence-corrected chi connectivity index (χ2v) is 14.8. The number of nitrogens with zero attached hydrogens (tertiary/aromatic N) is 2. The minimum Gasteiger partial charge on any atom is -0.459 e. The summed E-state index contributed by atoms with van der Waals surface area (Å²) in [6.45, 7) is 6.90. The van der Waals surface area contributed by atoms with Crippen molar-refractivity contribution >= 4 is 31.1 Å². The van der Waals surface area contributed by atoms with E-state index < -0.39 is 79.5 Å². The van der Waals surface area contributed by atoms with Crippen LogP contribution in [0.2, 0.25) is 0 Å². The van der Waals surface area contributed by atoms with Gasteiger partial charge >= 0.3 is 5.69 Å². The number of ether oxygens (including phenoxy) is 6. The number of benzene rings is 1. The molecular weight excluding hydrogens is 633 g/mol. The van der Waals surface area contributed by atoms with Crippen molar-refractivity contribution in [1.82, 2.24) is 9.55 Å². The first-order chi connectivity index (χ1) is 21.2. The molecule has 1 aromatic heterocycles. The second kappa shape index (κ2) is 12.5. The highest BCUT2D eigenvalue weighted by atomic mass is 32.7. The second-order valence-electron chi connectivity index (χ2n) is 12.0. The highest BCUT2D eigenvalue weighted by Crippen LogP contribution is 2.59. The van der Waals surface area contributed by atoms with Crippen molar-refractivity contribution in [3.63, 3.8) is 0 Å². The number of aliphatic hydroxyl groups is 1. The molecule has 1 amide bonds. The number of anilines is 1. The molecule has 4 fully saturated rings. The summed E-state index contributed by atoms with van der Waals surface area (Å²) in [5.41, 5.74) is -0.282. The van der Waals surface area contributed by atoms with E-state index in [1.54, 1.807) is 58.0 Å². The fourth-order valence-corrected chi connectivity index (χ4v) is 7.09. The standard InChI is InChI=1S/C28H36N3O12PS/c1-27(2)36-13-18(40-27)21-22(23-25(39-21)42-28(3,4)41-23)43-44(35,45)37-14-17-16(32)12-20(38-17)31-11-10-19(30-26(31)34)29-24(33)15-8-6-5-7-9-15/h5-11,16-18,20-23,25,32H,12-14H2,1-4H3,(H,35,45)(H,29,30,33,34)/t16-,17+,18+,20+,21+,22-,23+,25+,44?/m0/s1. The molecule has 9 atom stereocenters. The summed E-state index contributed by atoms with van der Waals surface area (Å²) in [5, 5.41) is 13.3. The van der Waals surface area contributed by atoms with Gasteiger partial charge in [0.25, 0.3) is 13.1 Å². The number of hydrogen-bond donors (Lipinski definition) is 3. The van der Waals surface area contributed by atoms with Crippen molar-refractivity contribution in [2.75, 3.05) is 18.5 Å². The number of nitrogens with one attached hydrogen (secondary N) is 1. The molecule has 45 heavy (non-hydrogen) atoms. The predicted octanol–water partition coefficient (Wildman–Crippen LogP) is 1.79. The lowest BCUT2D eigenvalue weighted by molar-refractivity contribution is -0.231. The van der Waals surface area contributed by atoms with E-state index in [1.165, 1.54) is 16.8 Å². The molecule has 0 radical (unpaired) electrons. The van der Waals surface area contributed by atoms with Gasteiger partial charge in [-0.3, -0.25) is 9.36 Å². The van der Waals surface area contributed by atoms with E-state index in [2.05, 4.69) is 10.3 Å². The first-order valence-corrected chi connectivity index (χ1v) is 17.1. The van der Waals surface area contributed by atoms with E-state index in [0.717, 1.165) is 0 Å². The Labute approximate surface area is 264 Å². The van der Waals surface area contributed by atoms with Gasteiger partial charge in [-0.05, 0) is 45.9 Å². The largest absolute Gasteiger partial charge is 0.459 e. The molecule has 1 unspecified atom stereocenters. The zero-order chi connectivity index (χ0) is 32.1. The van der Waals surface area contributed by atoms with Gasteiger partial charge in [0, 0.05) is 18.2 Å². The Balaban J connectivity index is 1.07. The molecule has 4 aliphatic rings. The van der Waals surface area contributed by atoms with Crippen LogP contribution in [0.25, 0.3) is 0 Å². The van der Waals surface area contributed by atoms with Gasteiger partial charge in [0.15, 0.2) is 24.0 Å². The SMILES string of the molecule is CC1(C)O[C@H]2O[C@H]([C@H]3COC(C)(C)O3)[C@H](O[P+](O)([S-])OC[C@H]3O[C@@H](n4ccc(NC(=O)c5ccccc5)nc4=O)C[C@@H]3O)[C@H]2O1. The van der Waals surface area contributed by atoms with E-state index in [-0.39, 0.29) is 25.5 Å². The lowest BCUT2D eigenvalue weighted by atomic mass is 10.1. The highest BCUT2D eigenvalue weighted by Gasteiger charge is 2.61. The van der Waals surface area contributed by atoms with Crippen LogP contribution in [0.3, 0.4) is 0 Å². The molecule has 1 aromatic carbocycles. The average molecular weight is 670 g/mol. The van der Waals surface area contributed by atoms with Crippen molar-refractivity contribution in [3.8, 4) is 0 Å². The molecule has 6 rings (SSSR count). The summed E-state index contributed by atoms with van der Waals surface area (Å²) in [6, 6.07) is 9.95. The average Bonchev–Trinajstić information content (AvgIpc) is 3.69. The van der Waals surface area contributed by atoms with Gasteiger partial charge in [0.2, 0.25) is 0 Å². The third-order valence-corrected chi connectivity index (χ3v) is 9.26. The normalized spacial score (nSPS) is 34.8. The van der Waals surface area contributed by atoms with E-state index in [1.807, 2.05) is 0 Å². The van der Waals surface area contributed by atoms with E-state index in [0.29, 0.717) is 5.56 Å². The summed E-state index contributed by atoms with van der Waals surface area (Å²) in [7, 11) is -3.96. The van der Waals surface area contributed by atoms with Crippen LogP contribution in [0, 0.1) is 0 Å². The van der Waals surface area contributed by atoms with Gasteiger partial charge in [-0.2, -0.15) is 14.0 Å². The monoisotopic (exact) mass is 669 g/mol. The van der Waals surface area contributed by atoms with Gasteiger partial charge < -0.3 is 51.1 Å². The van der Waals surface area contributed by atoms with Crippen molar-refractivity contribution in [3.05, 3.63) is 58.6 Å². The number of carbonyl (C=O) groups excluding carboxylic acids is 1. The zero-order valence-corrected chi connectivity index (χ0v) is 26.7. The van der Waals surface area contributed by atoms with Crippen LogP contribution in [0.5, 0.6) is 0 Å². The number of aliphatic hydroxyl groups excluding tert-OH is 1. The lowest BCUT2D eigenvalue weighted by Gasteiger charge is -2.32. The third-order valence-electron chi connectivity index (χ3n) is 7.70. The van der Waals surface area contributed by atoms with Crippen molar-refractivity contribution in [1.29, 1.82) is 0 Å². The van der Waals surface area contributed by atoms with Gasteiger partial charge in [-0.1, -0.05) is 18.2 Å². The molecular formula is C28H36N3O12PS. The molecule has 0 bridgehead atoms. The maximum Gasteiger partial charge on any atom is 0.351 e. The first kappa shape index (κ1) is 32.9. The number of hydrogen-bond acceptors (Lipinski definition) is 14. The van der Waals surface area contributed by atoms with Gasteiger partial charge in [0.1, 0.15) is 43.1 Å². The van der Waals surface area contributed by atoms with Crippen LogP contribution in [0.15, 0.2) is 47.4 Å². The van der Waals surface area contributed by atoms with Crippen molar-refractivity contribution in [2.45, 2.75) is 94.8 Å². The summed E-state index contributed by atoms with van der Waals surface area (Å²) < 4.78 is 48.2. The molecule has 3 N–H and O–H groups in total. The summed E-state index contributed by atoms with van der Waals surface area (Å²) in [4.78, 5) is 40.2. The minimum absolute atomic E-state index is 0.0395. The Morgan fingerprint density at radius 1 is 1.11 bits per heavy atom. The fraction of sp³-hybridized carbons (Fsp3) is 0.607. The van der Waals surface area contributed by atoms with Gasteiger partial charge in [-0.25, -0.2) is 9.69 Å². The Morgan fingerprint density at radius 3 is 2.56 bits per heavy atom. The van der Waals surface area contributed by atoms with Crippen LogP contribution in [-0.4, -0.2) is 93.2 Å². The molecule has 0 spiro atoms. The minimum atomic E-state index is -3.96. The quantitative estimate of drug-likeness (QED) is 0.260. The molecule has 2 aromatic rings. The first-order valence-electron chi connectivity index (χ1n) is 14.5. The summed E-state index contributed by atoms with van der Waals surface area (Å²) in [5.74, 6) is -2.14. The van der Waals surface area contributed by atoms with Gasteiger partial charge in [-0.15, -0.1) is 0 Å². The summed E-state index contributed by atoms with van der Waals surface area (Å²) in [6.07, 6.45) is -5.16. The van der Waals surface area contributed by atoms with Crippen LogP contribution in [-0.2, 0) is 49.7 Å². The molecule has 5 heterocycles. The van der Waals surface area contributed by atoms with E-state index >= 15 is 0 Å². The number of fused-ring (bicyclic) bond motifs is 1. The number of amides is 1. The molecule has 17 heteroatoms. The van der Waals surface area contributed by atoms with Gasteiger partial charge in [0.05, 0.1) is 12.7 Å². The lowest BCUT2D eigenvalue weighted by Crippen LogP contribution is -2.44. The highest BCUT2D eigenvalue weighted by molar-refractivity contribution is 8.35. The Morgan fingerprint density at radius 2 is 1.87 bits per heavy atom. The number of rotatable bonds is 9. The Bertz CT molecular complexity index is 1450.